The van der Waals surface area contributed by atoms with E-state index in [1.54, 1.807) is 0 Å². The number of hydrogen-bond donors (Lipinski definition) is 1. The van der Waals surface area contributed by atoms with Crippen LogP contribution in [0.1, 0.15) is 57.4 Å². The van der Waals surface area contributed by atoms with Crippen molar-refractivity contribution in [3.05, 3.63) is 35.9 Å². The molecule has 1 nitrogen and oxygen atoms in total. The fraction of sp³-hybridized carbons (Fsp3) is 0.647. The van der Waals surface area contributed by atoms with Gasteiger partial charge in [0.1, 0.15) is 0 Å². The largest absolute Gasteiger partial charge is 0.327 e. The topological polar surface area (TPSA) is 26.0 Å². The summed E-state index contributed by atoms with van der Waals surface area (Å²) in [6, 6.07) is 11.4. The van der Waals surface area contributed by atoms with Crippen LogP contribution in [0.4, 0.5) is 0 Å². The molecule has 1 aromatic rings. The van der Waals surface area contributed by atoms with Gasteiger partial charge >= 0.3 is 0 Å². The molecule has 0 aliphatic heterocycles. The molecule has 0 saturated heterocycles. The van der Waals surface area contributed by atoms with Gasteiger partial charge in [0.05, 0.1) is 0 Å². The van der Waals surface area contributed by atoms with Gasteiger partial charge in [-0.15, -0.1) is 0 Å². The second-order valence-corrected chi connectivity index (χ2v) is 6.09. The molecule has 0 radical (unpaired) electrons. The van der Waals surface area contributed by atoms with Gasteiger partial charge in [-0.2, -0.15) is 0 Å². The molecule has 100 valence electrons. The minimum absolute atomic E-state index is 0.430. The van der Waals surface area contributed by atoms with Crippen molar-refractivity contribution in [3.63, 3.8) is 0 Å². The summed E-state index contributed by atoms with van der Waals surface area (Å²) in [5.74, 6) is 2.27. The number of nitrogens with two attached hydrogens (primary N) is 1. The predicted octanol–water partition coefficient (Wildman–Crippen LogP) is 4.33. The molecule has 1 fully saturated rings. The van der Waals surface area contributed by atoms with Crippen LogP contribution in [0.25, 0.3) is 0 Å². The summed E-state index contributed by atoms with van der Waals surface area (Å²) >= 11 is 0. The molecule has 1 aliphatic carbocycles. The zero-order valence-corrected chi connectivity index (χ0v) is 11.8. The summed E-state index contributed by atoms with van der Waals surface area (Å²) in [6.45, 7) is 4.65. The summed E-state index contributed by atoms with van der Waals surface area (Å²) in [4.78, 5) is 0. The monoisotopic (exact) mass is 245 g/mol. The molecule has 18 heavy (non-hydrogen) atoms. The molecule has 0 spiro atoms. The molecule has 1 heteroatoms. The van der Waals surface area contributed by atoms with Crippen LogP contribution in [0.3, 0.4) is 0 Å². The Kier molecular flexibility index (Phi) is 4.82. The van der Waals surface area contributed by atoms with E-state index in [-0.39, 0.29) is 0 Å². The second kappa shape index (κ2) is 6.38. The first-order valence-electron chi connectivity index (χ1n) is 7.51. The van der Waals surface area contributed by atoms with Gasteiger partial charge < -0.3 is 5.73 Å². The lowest BCUT2D eigenvalue weighted by molar-refractivity contribution is 0.235. The van der Waals surface area contributed by atoms with Crippen LogP contribution >= 0.6 is 0 Å². The van der Waals surface area contributed by atoms with Gasteiger partial charge in [0.15, 0.2) is 0 Å². The van der Waals surface area contributed by atoms with Crippen molar-refractivity contribution >= 4 is 0 Å². The number of benzene rings is 1. The summed E-state index contributed by atoms with van der Waals surface area (Å²) in [5, 5.41) is 0. The first kappa shape index (κ1) is 13.6. The van der Waals surface area contributed by atoms with Gasteiger partial charge in [0.25, 0.3) is 0 Å². The van der Waals surface area contributed by atoms with Gasteiger partial charge in [-0.25, -0.2) is 0 Å². The van der Waals surface area contributed by atoms with Gasteiger partial charge in [-0.05, 0) is 49.0 Å². The summed E-state index contributed by atoms with van der Waals surface area (Å²) in [6.07, 6.45) is 6.33. The summed E-state index contributed by atoms with van der Waals surface area (Å²) in [5.41, 5.74) is 7.83. The summed E-state index contributed by atoms with van der Waals surface area (Å²) < 4.78 is 0. The van der Waals surface area contributed by atoms with Crippen molar-refractivity contribution in [3.8, 4) is 0 Å². The van der Waals surface area contributed by atoms with E-state index in [9.17, 15) is 0 Å². The lowest BCUT2D eigenvalue weighted by Gasteiger charge is -2.35. The quantitative estimate of drug-likeness (QED) is 0.839. The van der Waals surface area contributed by atoms with E-state index in [1.807, 2.05) is 0 Å². The third kappa shape index (κ3) is 3.35. The highest BCUT2D eigenvalue weighted by molar-refractivity contribution is 5.20. The average molecular weight is 245 g/mol. The Labute approximate surface area is 112 Å². The van der Waals surface area contributed by atoms with Crippen molar-refractivity contribution in [2.45, 2.75) is 57.9 Å². The van der Waals surface area contributed by atoms with Crippen molar-refractivity contribution in [1.29, 1.82) is 0 Å². The fourth-order valence-electron chi connectivity index (χ4n) is 3.27. The molecule has 4 atom stereocenters. The molecule has 1 aromatic carbocycles. The maximum atomic E-state index is 6.32. The second-order valence-electron chi connectivity index (χ2n) is 6.09. The van der Waals surface area contributed by atoms with Crippen molar-refractivity contribution in [2.75, 3.05) is 0 Å². The first-order valence-corrected chi connectivity index (χ1v) is 7.51. The molecule has 2 N–H and O–H groups in total. The van der Waals surface area contributed by atoms with Crippen LogP contribution < -0.4 is 5.73 Å². The van der Waals surface area contributed by atoms with E-state index in [0.717, 1.165) is 17.8 Å². The van der Waals surface area contributed by atoms with Crippen LogP contribution in [-0.2, 0) is 0 Å². The van der Waals surface area contributed by atoms with Crippen molar-refractivity contribution in [1.82, 2.24) is 0 Å². The Morgan fingerprint density at radius 1 is 1.22 bits per heavy atom. The highest BCUT2D eigenvalue weighted by atomic mass is 14.7. The van der Waals surface area contributed by atoms with E-state index < -0.39 is 0 Å². The third-order valence-electron chi connectivity index (χ3n) is 4.71. The molecule has 1 aliphatic rings. The maximum absolute atomic E-state index is 6.32. The van der Waals surface area contributed by atoms with E-state index in [0.29, 0.717) is 6.04 Å². The van der Waals surface area contributed by atoms with Crippen LogP contribution in [0.15, 0.2) is 30.3 Å². The Bertz CT molecular complexity index is 346. The Morgan fingerprint density at radius 3 is 2.61 bits per heavy atom. The lowest BCUT2D eigenvalue weighted by atomic mass is 9.72. The highest BCUT2D eigenvalue weighted by Gasteiger charge is 2.29. The van der Waals surface area contributed by atoms with E-state index in [2.05, 4.69) is 44.2 Å². The van der Waals surface area contributed by atoms with Gasteiger partial charge in [0.2, 0.25) is 0 Å². The van der Waals surface area contributed by atoms with Gasteiger partial charge in [-0.1, -0.05) is 50.6 Å². The molecule has 0 amide bonds. The molecule has 0 aromatic heterocycles. The maximum Gasteiger partial charge on any atom is 0.00676 e. The van der Waals surface area contributed by atoms with Crippen molar-refractivity contribution in [2.24, 2.45) is 17.6 Å². The van der Waals surface area contributed by atoms with Crippen LogP contribution in [-0.4, -0.2) is 6.04 Å². The van der Waals surface area contributed by atoms with Gasteiger partial charge in [-0.3, -0.25) is 0 Å². The van der Waals surface area contributed by atoms with E-state index in [4.69, 9.17) is 5.73 Å². The minimum Gasteiger partial charge on any atom is -0.327 e. The predicted molar refractivity (Wildman–Crippen MR) is 78.6 cm³/mol. The molecule has 2 rings (SSSR count). The molecule has 0 bridgehead atoms. The van der Waals surface area contributed by atoms with Gasteiger partial charge in [0, 0.05) is 6.04 Å². The molecule has 1 saturated carbocycles. The lowest BCUT2D eigenvalue weighted by Crippen LogP contribution is -2.36. The Hall–Kier alpha value is -0.820. The zero-order valence-electron chi connectivity index (χ0n) is 11.8. The molecule has 0 heterocycles. The average Bonchev–Trinajstić information content (AvgIpc) is 2.42. The fourth-order valence-corrected chi connectivity index (χ4v) is 3.27. The molecule has 4 unspecified atom stereocenters. The minimum atomic E-state index is 0.430. The Morgan fingerprint density at radius 2 is 1.94 bits per heavy atom. The van der Waals surface area contributed by atoms with E-state index in [1.165, 1.54) is 37.7 Å². The van der Waals surface area contributed by atoms with Crippen LogP contribution in [0, 0.1) is 11.8 Å². The molecular formula is C17H27N. The number of rotatable bonds is 4. The standard InChI is InChI=1S/C17H27N/c1-3-13(2)11-16-12-15(9-10-17(16)18)14-7-5-4-6-8-14/h4-8,13,15-17H,3,9-12,18H2,1-2H3. The van der Waals surface area contributed by atoms with Crippen molar-refractivity contribution < 1.29 is 0 Å². The Balaban J connectivity index is 2.00. The smallest absolute Gasteiger partial charge is 0.00676 e. The highest BCUT2D eigenvalue weighted by Crippen LogP contribution is 2.38. The van der Waals surface area contributed by atoms with Crippen LogP contribution in [0.2, 0.25) is 0 Å². The third-order valence-corrected chi connectivity index (χ3v) is 4.71. The van der Waals surface area contributed by atoms with E-state index >= 15 is 0 Å². The number of hydrogen-bond acceptors (Lipinski definition) is 1. The summed E-state index contributed by atoms with van der Waals surface area (Å²) in [7, 11) is 0. The SMILES string of the molecule is CCC(C)CC1CC(c2ccccc2)CCC1N. The van der Waals surface area contributed by atoms with Crippen LogP contribution in [0.5, 0.6) is 0 Å². The normalized spacial score (nSPS) is 30.1. The first-order chi connectivity index (χ1) is 8.70. The molecular weight excluding hydrogens is 218 g/mol. The zero-order chi connectivity index (χ0) is 13.0.